The van der Waals surface area contributed by atoms with Crippen molar-refractivity contribution in [2.24, 2.45) is 0 Å². The molecule has 0 saturated carbocycles. The van der Waals surface area contributed by atoms with Crippen LogP contribution < -0.4 is 4.74 Å². The second-order valence-corrected chi connectivity index (χ2v) is 9.56. The zero-order valence-corrected chi connectivity index (χ0v) is 17.2. The van der Waals surface area contributed by atoms with Crippen LogP contribution in [0.1, 0.15) is 12.0 Å². The quantitative estimate of drug-likeness (QED) is 0.744. The van der Waals surface area contributed by atoms with Gasteiger partial charge in [-0.15, -0.1) is 0 Å². The lowest BCUT2D eigenvalue weighted by Crippen LogP contribution is -2.49. The summed E-state index contributed by atoms with van der Waals surface area (Å²) in [5.74, 6) is 0.144. The zero-order valence-electron chi connectivity index (χ0n) is 16.4. The van der Waals surface area contributed by atoms with Crippen LogP contribution in [0.5, 0.6) is 5.75 Å². The van der Waals surface area contributed by atoms with Gasteiger partial charge in [0.2, 0.25) is 10.0 Å². The molecule has 1 saturated heterocycles. The summed E-state index contributed by atoms with van der Waals surface area (Å²) in [7, 11) is -2.11. The van der Waals surface area contributed by atoms with Gasteiger partial charge in [0.05, 0.1) is 13.2 Å². The highest BCUT2D eigenvalue weighted by atomic mass is 32.2. The summed E-state index contributed by atoms with van der Waals surface area (Å²) in [4.78, 5) is 2.42. The molecule has 1 spiro atoms. The van der Waals surface area contributed by atoms with Crippen molar-refractivity contribution in [3.05, 3.63) is 59.9 Å². The first-order chi connectivity index (χ1) is 13.9. The van der Waals surface area contributed by atoms with E-state index in [2.05, 4.69) is 4.90 Å². The fourth-order valence-electron chi connectivity index (χ4n) is 4.07. The number of halogens is 1. The largest absolute Gasteiger partial charge is 0.483 e. The minimum absolute atomic E-state index is 0.199. The summed E-state index contributed by atoms with van der Waals surface area (Å²) in [5, 5.41) is 0. The van der Waals surface area contributed by atoms with E-state index in [1.54, 1.807) is 43.5 Å². The molecule has 0 aromatic heterocycles. The number of nitrogens with zero attached hydrogens (tertiary/aromatic N) is 2. The lowest BCUT2D eigenvalue weighted by atomic mass is 10.0. The third-order valence-electron chi connectivity index (χ3n) is 5.52. The highest BCUT2D eigenvalue weighted by Crippen LogP contribution is 2.38. The molecule has 1 atom stereocenters. The molecule has 6 nitrogen and oxygen atoms in total. The normalized spacial score (nSPS) is 24.2. The Morgan fingerprint density at radius 3 is 2.66 bits per heavy atom. The fourth-order valence-corrected chi connectivity index (χ4v) is 5.69. The molecule has 2 aliphatic heterocycles. The molecule has 2 aromatic rings. The van der Waals surface area contributed by atoms with E-state index in [0.717, 1.165) is 12.1 Å². The number of rotatable bonds is 5. The van der Waals surface area contributed by atoms with Gasteiger partial charge in [-0.3, -0.25) is 4.90 Å². The molecule has 0 N–H and O–H groups in total. The molecule has 0 aliphatic carbocycles. The smallest absolute Gasteiger partial charge is 0.246 e. The molecule has 4 rings (SSSR count). The molecule has 29 heavy (non-hydrogen) atoms. The highest BCUT2D eigenvalue weighted by molar-refractivity contribution is 7.89. The summed E-state index contributed by atoms with van der Waals surface area (Å²) < 4.78 is 52.6. The second kappa shape index (κ2) is 8.02. The van der Waals surface area contributed by atoms with Gasteiger partial charge in [0.15, 0.2) is 0 Å². The molecule has 0 bridgehead atoms. The van der Waals surface area contributed by atoms with Crippen LogP contribution in [0.2, 0.25) is 0 Å². The first-order valence-electron chi connectivity index (χ1n) is 9.66. The SMILES string of the molecule is COCCN1C[C@]2(CCN(Cc3ccc(F)cc3)C2)Oc2ccccc2S1(=O)=O. The van der Waals surface area contributed by atoms with Gasteiger partial charge in [-0.1, -0.05) is 24.3 Å². The maximum absolute atomic E-state index is 13.2. The predicted molar refractivity (Wildman–Crippen MR) is 107 cm³/mol. The van der Waals surface area contributed by atoms with Crippen LogP contribution >= 0.6 is 0 Å². The van der Waals surface area contributed by atoms with Crippen LogP contribution in [0, 0.1) is 5.82 Å². The van der Waals surface area contributed by atoms with Gasteiger partial charge in [-0.25, -0.2) is 12.8 Å². The van der Waals surface area contributed by atoms with E-state index in [4.69, 9.17) is 9.47 Å². The van der Waals surface area contributed by atoms with Crippen molar-refractivity contribution >= 4 is 10.0 Å². The van der Waals surface area contributed by atoms with Crippen molar-refractivity contribution in [1.29, 1.82) is 0 Å². The number of sulfonamides is 1. The fraction of sp³-hybridized carbons (Fsp3) is 0.429. The first kappa shape index (κ1) is 20.3. The Bertz CT molecular complexity index is 967. The maximum Gasteiger partial charge on any atom is 0.246 e. The Morgan fingerprint density at radius 1 is 1.14 bits per heavy atom. The van der Waals surface area contributed by atoms with E-state index < -0.39 is 15.6 Å². The van der Waals surface area contributed by atoms with Crippen LogP contribution in [0.25, 0.3) is 0 Å². The summed E-state index contributed by atoms with van der Waals surface area (Å²) in [6.45, 7) is 2.90. The summed E-state index contributed by atoms with van der Waals surface area (Å²) in [6.07, 6.45) is 0.710. The van der Waals surface area contributed by atoms with Crippen LogP contribution in [0.15, 0.2) is 53.4 Å². The monoisotopic (exact) mass is 420 g/mol. The molecule has 2 aromatic carbocycles. The Labute approximate surface area is 170 Å². The minimum atomic E-state index is -3.67. The lowest BCUT2D eigenvalue weighted by Gasteiger charge is -2.32. The minimum Gasteiger partial charge on any atom is -0.483 e. The molecule has 8 heteroatoms. The van der Waals surface area contributed by atoms with Crippen LogP contribution in [-0.4, -0.2) is 63.1 Å². The van der Waals surface area contributed by atoms with Crippen molar-refractivity contribution in [2.75, 3.05) is 39.9 Å². The zero-order chi connectivity index (χ0) is 20.5. The van der Waals surface area contributed by atoms with E-state index in [-0.39, 0.29) is 23.8 Å². The van der Waals surface area contributed by atoms with E-state index in [9.17, 15) is 12.8 Å². The lowest BCUT2D eigenvalue weighted by molar-refractivity contribution is 0.0533. The highest BCUT2D eigenvalue weighted by Gasteiger charge is 2.47. The van der Waals surface area contributed by atoms with Gasteiger partial charge in [0.25, 0.3) is 0 Å². The molecule has 2 aliphatic rings. The Hall–Kier alpha value is -2.00. The molecule has 1 fully saturated rings. The van der Waals surface area contributed by atoms with Gasteiger partial charge < -0.3 is 9.47 Å². The average molecular weight is 421 g/mol. The second-order valence-electron chi connectivity index (χ2n) is 7.65. The Morgan fingerprint density at radius 2 is 1.90 bits per heavy atom. The van der Waals surface area contributed by atoms with E-state index in [1.165, 1.54) is 16.4 Å². The Kier molecular flexibility index (Phi) is 5.61. The Balaban J connectivity index is 1.60. The number of ether oxygens (including phenoxy) is 2. The maximum atomic E-state index is 13.2. The van der Waals surface area contributed by atoms with Gasteiger partial charge in [-0.2, -0.15) is 4.31 Å². The number of hydrogen-bond acceptors (Lipinski definition) is 5. The average Bonchev–Trinajstić information content (AvgIpc) is 3.05. The van der Waals surface area contributed by atoms with Gasteiger partial charge in [0.1, 0.15) is 22.1 Å². The van der Waals surface area contributed by atoms with Crippen LogP contribution in [0.3, 0.4) is 0 Å². The summed E-state index contributed by atoms with van der Waals surface area (Å²) in [5.41, 5.74) is 0.384. The van der Waals surface area contributed by atoms with Crippen molar-refractivity contribution in [3.8, 4) is 5.75 Å². The number of fused-ring (bicyclic) bond motifs is 1. The van der Waals surface area contributed by atoms with Crippen molar-refractivity contribution < 1.29 is 22.3 Å². The van der Waals surface area contributed by atoms with Crippen molar-refractivity contribution in [3.63, 3.8) is 0 Å². The molecule has 156 valence electrons. The molecular weight excluding hydrogens is 395 g/mol. The number of likely N-dealkylation sites (tertiary alicyclic amines) is 1. The van der Waals surface area contributed by atoms with E-state index in [1.807, 2.05) is 0 Å². The third kappa shape index (κ3) is 4.16. The number of benzene rings is 2. The van der Waals surface area contributed by atoms with Crippen LogP contribution in [-0.2, 0) is 21.3 Å². The summed E-state index contributed by atoms with van der Waals surface area (Å²) in [6, 6.07) is 13.3. The molecule has 0 amide bonds. The predicted octanol–water partition coefficient (Wildman–Crippen LogP) is 2.50. The topological polar surface area (TPSA) is 59.1 Å². The number of hydrogen-bond donors (Lipinski definition) is 0. The van der Waals surface area contributed by atoms with Gasteiger partial charge in [0, 0.05) is 39.7 Å². The van der Waals surface area contributed by atoms with Crippen molar-refractivity contribution in [2.45, 2.75) is 23.5 Å². The third-order valence-corrected chi connectivity index (χ3v) is 7.40. The number of para-hydroxylation sites is 1. The van der Waals surface area contributed by atoms with Crippen LogP contribution in [0.4, 0.5) is 4.39 Å². The first-order valence-corrected chi connectivity index (χ1v) is 11.1. The van der Waals surface area contributed by atoms with Gasteiger partial charge in [-0.05, 0) is 29.8 Å². The molecule has 2 heterocycles. The number of methoxy groups -OCH3 is 1. The summed E-state index contributed by atoms with van der Waals surface area (Å²) >= 11 is 0. The van der Waals surface area contributed by atoms with E-state index >= 15 is 0 Å². The van der Waals surface area contributed by atoms with Crippen molar-refractivity contribution in [1.82, 2.24) is 9.21 Å². The molecular formula is C21H25FN2O4S. The molecule has 0 unspecified atom stereocenters. The van der Waals surface area contributed by atoms with Gasteiger partial charge >= 0.3 is 0 Å². The standard InChI is InChI=1S/C21H25FN2O4S/c1-27-13-12-24-16-21(28-19-4-2-3-5-20(19)29(24,25)26)10-11-23(15-21)14-17-6-8-18(22)9-7-17/h2-9H,10-16H2,1H3/t21-/m1/s1. The van der Waals surface area contributed by atoms with E-state index in [0.29, 0.717) is 31.9 Å². The molecule has 0 radical (unpaired) electrons.